The molecule has 1 saturated heterocycles. The molecule has 5 heteroatoms. The molecule has 1 aliphatic heterocycles. The molecule has 1 atom stereocenters. The van der Waals surface area contributed by atoms with E-state index in [0.29, 0.717) is 32.5 Å². The van der Waals surface area contributed by atoms with Gasteiger partial charge in [0.2, 0.25) is 11.8 Å². The molecule has 1 aromatic heterocycles. The molecule has 0 spiro atoms. The number of aromatic nitrogens is 1. The van der Waals surface area contributed by atoms with Crippen molar-refractivity contribution < 1.29 is 9.59 Å². The first-order valence-corrected chi connectivity index (χ1v) is 10.7. The summed E-state index contributed by atoms with van der Waals surface area (Å²) >= 11 is 0. The van der Waals surface area contributed by atoms with E-state index in [1.807, 2.05) is 34.9 Å². The molecule has 5 nitrogen and oxygen atoms in total. The van der Waals surface area contributed by atoms with Gasteiger partial charge in [0.1, 0.15) is 0 Å². The largest absolute Gasteiger partial charge is 0.341 e. The van der Waals surface area contributed by atoms with Crippen LogP contribution in [0.5, 0.6) is 0 Å². The molecule has 1 aliphatic rings. The zero-order chi connectivity index (χ0) is 20.6. The van der Waals surface area contributed by atoms with Crippen LogP contribution in [0.25, 0.3) is 11.1 Å². The first-order valence-electron chi connectivity index (χ1n) is 10.7. The molecule has 29 heavy (non-hydrogen) atoms. The smallest absolute Gasteiger partial charge is 0.227 e. The minimum Gasteiger partial charge on any atom is -0.341 e. The van der Waals surface area contributed by atoms with E-state index < -0.39 is 0 Å². The highest BCUT2D eigenvalue weighted by atomic mass is 16.2. The monoisotopic (exact) mass is 393 g/mol. The van der Waals surface area contributed by atoms with Crippen LogP contribution in [0.1, 0.15) is 38.7 Å². The average molecular weight is 394 g/mol. The van der Waals surface area contributed by atoms with E-state index in [0.717, 1.165) is 36.1 Å². The second-order valence-corrected chi connectivity index (χ2v) is 7.75. The van der Waals surface area contributed by atoms with Gasteiger partial charge in [0, 0.05) is 45.0 Å². The van der Waals surface area contributed by atoms with Crippen LogP contribution >= 0.6 is 0 Å². The van der Waals surface area contributed by atoms with Gasteiger partial charge in [-0.1, -0.05) is 38.1 Å². The molecule has 3 rings (SSSR count). The molecule has 2 aromatic rings. The Kier molecular flexibility index (Phi) is 7.39. The van der Waals surface area contributed by atoms with Gasteiger partial charge in [-0.25, -0.2) is 0 Å². The Hall–Kier alpha value is -2.69. The SMILES string of the molecule is CCCC(=O)N1CCN(CCC)C(=O)[C@@H](Cc2cccc(-c3ccncc3)c2)C1. The fraction of sp³-hybridized carbons (Fsp3) is 0.458. The van der Waals surface area contributed by atoms with Crippen LogP contribution < -0.4 is 0 Å². The van der Waals surface area contributed by atoms with E-state index in [4.69, 9.17) is 0 Å². The third kappa shape index (κ3) is 5.43. The molecule has 2 heterocycles. The molecule has 0 bridgehead atoms. The van der Waals surface area contributed by atoms with Crippen molar-refractivity contribution in [2.45, 2.75) is 39.5 Å². The zero-order valence-electron chi connectivity index (χ0n) is 17.5. The number of pyridine rings is 1. The highest BCUT2D eigenvalue weighted by Gasteiger charge is 2.31. The van der Waals surface area contributed by atoms with Crippen molar-refractivity contribution >= 4 is 11.8 Å². The van der Waals surface area contributed by atoms with E-state index in [1.54, 1.807) is 12.4 Å². The van der Waals surface area contributed by atoms with Crippen LogP contribution in [0.3, 0.4) is 0 Å². The zero-order valence-corrected chi connectivity index (χ0v) is 17.5. The number of carbonyl (C=O) groups is 2. The lowest BCUT2D eigenvalue weighted by Gasteiger charge is -2.24. The minimum atomic E-state index is -0.197. The number of benzene rings is 1. The van der Waals surface area contributed by atoms with Crippen LogP contribution in [0.4, 0.5) is 0 Å². The topological polar surface area (TPSA) is 53.5 Å². The normalized spacial score (nSPS) is 17.3. The van der Waals surface area contributed by atoms with Crippen molar-refractivity contribution in [1.29, 1.82) is 0 Å². The van der Waals surface area contributed by atoms with E-state index in [9.17, 15) is 9.59 Å². The number of amides is 2. The molecule has 0 unspecified atom stereocenters. The molecule has 0 radical (unpaired) electrons. The van der Waals surface area contributed by atoms with Gasteiger partial charge in [0.05, 0.1) is 5.92 Å². The van der Waals surface area contributed by atoms with Crippen LogP contribution in [0.2, 0.25) is 0 Å². The molecule has 2 amide bonds. The molecule has 1 aromatic carbocycles. The van der Waals surface area contributed by atoms with Crippen molar-refractivity contribution in [3.05, 3.63) is 54.4 Å². The third-order valence-electron chi connectivity index (χ3n) is 5.47. The lowest BCUT2D eigenvalue weighted by Crippen LogP contribution is -2.38. The highest BCUT2D eigenvalue weighted by Crippen LogP contribution is 2.23. The summed E-state index contributed by atoms with van der Waals surface area (Å²) in [6.07, 6.45) is 6.53. The summed E-state index contributed by atoms with van der Waals surface area (Å²) in [4.78, 5) is 33.7. The summed E-state index contributed by atoms with van der Waals surface area (Å²) in [5.74, 6) is 0.139. The van der Waals surface area contributed by atoms with Gasteiger partial charge in [-0.15, -0.1) is 0 Å². The van der Waals surface area contributed by atoms with Gasteiger partial charge in [-0.2, -0.15) is 0 Å². The first kappa shape index (κ1) is 21.0. The highest BCUT2D eigenvalue weighted by molar-refractivity contribution is 5.82. The maximum absolute atomic E-state index is 13.2. The van der Waals surface area contributed by atoms with Crippen molar-refractivity contribution in [3.63, 3.8) is 0 Å². The number of nitrogens with zero attached hydrogens (tertiary/aromatic N) is 3. The van der Waals surface area contributed by atoms with Crippen LogP contribution in [-0.2, 0) is 16.0 Å². The second kappa shape index (κ2) is 10.2. The van der Waals surface area contributed by atoms with E-state index in [-0.39, 0.29) is 17.7 Å². The molecular formula is C24H31N3O2. The predicted molar refractivity (Wildman–Crippen MR) is 115 cm³/mol. The number of hydrogen-bond donors (Lipinski definition) is 0. The minimum absolute atomic E-state index is 0.161. The molecular weight excluding hydrogens is 362 g/mol. The maximum Gasteiger partial charge on any atom is 0.227 e. The van der Waals surface area contributed by atoms with E-state index in [2.05, 4.69) is 30.1 Å². The summed E-state index contributed by atoms with van der Waals surface area (Å²) in [6, 6.07) is 12.3. The van der Waals surface area contributed by atoms with Gasteiger partial charge < -0.3 is 9.80 Å². The summed E-state index contributed by atoms with van der Waals surface area (Å²) < 4.78 is 0. The first-order chi connectivity index (χ1) is 14.1. The van der Waals surface area contributed by atoms with Gasteiger partial charge in [-0.3, -0.25) is 14.6 Å². The quantitative estimate of drug-likeness (QED) is 0.719. The summed E-state index contributed by atoms with van der Waals surface area (Å²) in [7, 11) is 0. The number of carbonyl (C=O) groups excluding carboxylic acids is 2. The Morgan fingerprint density at radius 1 is 1.07 bits per heavy atom. The molecule has 1 fully saturated rings. The standard InChI is InChI=1S/C24H31N3O2/c1-3-6-23(28)27-15-14-26(13-4-2)24(29)22(18-27)17-19-7-5-8-21(16-19)20-9-11-25-12-10-20/h5,7-12,16,22H,3-4,6,13-15,17-18H2,1-2H3/t22-/m0/s1. The lowest BCUT2D eigenvalue weighted by molar-refractivity contribution is -0.135. The summed E-state index contributed by atoms with van der Waals surface area (Å²) in [5, 5.41) is 0. The Balaban J connectivity index is 1.82. The lowest BCUT2D eigenvalue weighted by atomic mass is 9.95. The molecule has 0 saturated carbocycles. The summed E-state index contributed by atoms with van der Waals surface area (Å²) in [5.41, 5.74) is 3.36. The van der Waals surface area contributed by atoms with Crippen molar-refractivity contribution in [2.75, 3.05) is 26.2 Å². The van der Waals surface area contributed by atoms with Crippen molar-refractivity contribution in [1.82, 2.24) is 14.8 Å². The molecule has 154 valence electrons. The number of rotatable bonds is 7. The summed E-state index contributed by atoms with van der Waals surface area (Å²) in [6.45, 7) is 6.64. The average Bonchev–Trinajstić information content (AvgIpc) is 2.89. The van der Waals surface area contributed by atoms with Crippen LogP contribution in [-0.4, -0.2) is 52.8 Å². The Morgan fingerprint density at radius 3 is 2.59 bits per heavy atom. The Labute approximate surface area is 173 Å². The van der Waals surface area contributed by atoms with E-state index in [1.165, 1.54) is 0 Å². The van der Waals surface area contributed by atoms with Gasteiger partial charge in [0.15, 0.2) is 0 Å². The fourth-order valence-electron chi connectivity index (χ4n) is 3.99. The fourth-order valence-corrected chi connectivity index (χ4v) is 3.99. The predicted octanol–water partition coefficient (Wildman–Crippen LogP) is 3.79. The van der Waals surface area contributed by atoms with Gasteiger partial charge >= 0.3 is 0 Å². The maximum atomic E-state index is 13.2. The second-order valence-electron chi connectivity index (χ2n) is 7.75. The van der Waals surface area contributed by atoms with Gasteiger partial charge in [0.25, 0.3) is 0 Å². The van der Waals surface area contributed by atoms with Gasteiger partial charge in [-0.05, 0) is 48.1 Å². The van der Waals surface area contributed by atoms with Crippen LogP contribution in [0, 0.1) is 5.92 Å². The Morgan fingerprint density at radius 2 is 1.86 bits per heavy atom. The van der Waals surface area contributed by atoms with Crippen molar-refractivity contribution in [2.24, 2.45) is 5.92 Å². The molecule has 0 aliphatic carbocycles. The number of hydrogen-bond acceptors (Lipinski definition) is 3. The van der Waals surface area contributed by atoms with E-state index >= 15 is 0 Å². The third-order valence-corrected chi connectivity index (χ3v) is 5.47. The van der Waals surface area contributed by atoms with Crippen molar-refractivity contribution in [3.8, 4) is 11.1 Å². The Bertz CT molecular complexity index is 822. The van der Waals surface area contributed by atoms with Crippen LogP contribution in [0.15, 0.2) is 48.8 Å². The molecule has 0 N–H and O–H groups in total.